The topological polar surface area (TPSA) is 41.6 Å². The predicted molar refractivity (Wildman–Crippen MR) is 57.6 cm³/mol. The standard InChI is InChI=1S/C11H20N2O2/c1-11(7-12-8-11)15-6-10(14)13(2)5-9-3-4-9/h9,12H,3-8H2,1-2H3. The molecular formula is C11H20N2O2. The molecule has 1 aliphatic carbocycles. The van der Waals surface area contributed by atoms with E-state index < -0.39 is 0 Å². The van der Waals surface area contributed by atoms with Gasteiger partial charge < -0.3 is 15.0 Å². The van der Waals surface area contributed by atoms with E-state index >= 15 is 0 Å². The average molecular weight is 212 g/mol. The molecule has 2 aliphatic rings. The zero-order chi connectivity index (χ0) is 10.9. The van der Waals surface area contributed by atoms with Gasteiger partial charge in [0.25, 0.3) is 0 Å². The van der Waals surface area contributed by atoms with Crippen molar-refractivity contribution in [3.8, 4) is 0 Å². The van der Waals surface area contributed by atoms with Gasteiger partial charge in [0.1, 0.15) is 6.61 Å². The molecule has 2 rings (SSSR count). The van der Waals surface area contributed by atoms with E-state index in [0.717, 1.165) is 25.6 Å². The fourth-order valence-corrected chi connectivity index (χ4v) is 1.71. The first kappa shape index (κ1) is 10.9. The van der Waals surface area contributed by atoms with Gasteiger partial charge in [0.05, 0.1) is 5.60 Å². The van der Waals surface area contributed by atoms with E-state index in [1.54, 1.807) is 4.90 Å². The summed E-state index contributed by atoms with van der Waals surface area (Å²) in [5.41, 5.74) is -0.115. The maximum Gasteiger partial charge on any atom is 0.248 e. The number of nitrogens with one attached hydrogen (secondary N) is 1. The van der Waals surface area contributed by atoms with Crippen LogP contribution >= 0.6 is 0 Å². The first-order valence-corrected chi connectivity index (χ1v) is 5.68. The van der Waals surface area contributed by atoms with Gasteiger partial charge in [-0.3, -0.25) is 4.79 Å². The Morgan fingerprint density at radius 1 is 1.53 bits per heavy atom. The first-order valence-electron chi connectivity index (χ1n) is 5.68. The van der Waals surface area contributed by atoms with Crippen molar-refractivity contribution in [3.05, 3.63) is 0 Å². The second kappa shape index (κ2) is 4.10. The fourth-order valence-electron chi connectivity index (χ4n) is 1.71. The molecule has 1 N–H and O–H groups in total. The Hall–Kier alpha value is -0.610. The number of nitrogens with zero attached hydrogens (tertiary/aromatic N) is 1. The average Bonchev–Trinajstić information content (AvgIpc) is 2.94. The smallest absolute Gasteiger partial charge is 0.248 e. The van der Waals surface area contributed by atoms with Gasteiger partial charge in [-0.1, -0.05) is 0 Å². The molecule has 1 saturated heterocycles. The summed E-state index contributed by atoms with van der Waals surface area (Å²) >= 11 is 0. The van der Waals surface area contributed by atoms with Crippen molar-refractivity contribution in [1.29, 1.82) is 0 Å². The predicted octanol–water partition coefficient (Wildman–Crippen LogP) is 0.233. The van der Waals surface area contributed by atoms with Gasteiger partial charge in [-0.2, -0.15) is 0 Å². The number of hydrogen-bond donors (Lipinski definition) is 1. The molecule has 0 radical (unpaired) electrons. The van der Waals surface area contributed by atoms with Crippen LogP contribution in [0.25, 0.3) is 0 Å². The number of carbonyl (C=O) groups is 1. The quantitative estimate of drug-likeness (QED) is 0.709. The molecule has 1 aliphatic heterocycles. The maximum absolute atomic E-state index is 11.7. The van der Waals surface area contributed by atoms with Gasteiger partial charge in [0.15, 0.2) is 0 Å². The third-order valence-electron chi connectivity index (χ3n) is 3.20. The zero-order valence-electron chi connectivity index (χ0n) is 9.58. The molecule has 1 heterocycles. The molecule has 1 saturated carbocycles. The summed E-state index contributed by atoms with van der Waals surface area (Å²) in [6, 6.07) is 0. The molecule has 86 valence electrons. The SMILES string of the molecule is CN(CC1CC1)C(=O)COC1(C)CNC1. The molecule has 0 aromatic rings. The normalized spacial score (nSPS) is 23.3. The molecule has 4 nitrogen and oxygen atoms in total. The molecule has 4 heteroatoms. The molecule has 0 spiro atoms. The van der Waals surface area contributed by atoms with Crippen LogP contribution < -0.4 is 5.32 Å². The molecule has 1 amide bonds. The lowest BCUT2D eigenvalue weighted by Crippen LogP contribution is -2.59. The van der Waals surface area contributed by atoms with Crippen LogP contribution in [0.3, 0.4) is 0 Å². The molecule has 0 aromatic carbocycles. The van der Waals surface area contributed by atoms with Gasteiger partial charge in [0, 0.05) is 26.7 Å². The highest BCUT2D eigenvalue weighted by Crippen LogP contribution is 2.29. The monoisotopic (exact) mass is 212 g/mol. The summed E-state index contributed by atoms with van der Waals surface area (Å²) in [6.07, 6.45) is 2.56. The van der Waals surface area contributed by atoms with Crippen molar-refractivity contribution < 1.29 is 9.53 Å². The lowest BCUT2D eigenvalue weighted by atomic mass is 10.0. The number of hydrogen-bond acceptors (Lipinski definition) is 3. The van der Waals surface area contributed by atoms with Crippen molar-refractivity contribution in [2.45, 2.75) is 25.4 Å². The van der Waals surface area contributed by atoms with Crippen LogP contribution in [0.1, 0.15) is 19.8 Å². The molecular weight excluding hydrogens is 192 g/mol. The van der Waals surface area contributed by atoms with Gasteiger partial charge in [-0.15, -0.1) is 0 Å². The van der Waals surface area contributed by atoms with E-state index in [1.165, 1.54) is 12.8 Å². The summed E-state index contributed by atoms with van der Waals surface area (Å²) in [7, 11) is 1.87. The highest BCUT2D eigenvalue weighted by Gasteiger charge is 2.33. The van der Waals surface area contributed by atoms with E-state index in [4.69, 9.17) is 4.74 Å². The lowest BCUT2D eigenvalue weighted by molar-refractivity contribution is -0.144. The lowest BCUT2D eigenvalue weighted by Gasteiger charge is -2.39. The summed E-state index contributed by atoms with van der Waals surface area (Å²) in [6.45, 7) is 4.87. The minimum Gasteiger partial charge on any atom is -0.363 e. The third-order valence-corrected chi connectivity index (χ3v) is 3.20. The van der Waals surface area contributed by atoms with Gasteiger partial charge >= 0.3 is 0 Å². The Bertz CT molecular complexity index is 247. The van der Waals surface area contributed by atoms with Crippen molar-refractivity contribution in [2.75, 3.05) is 33.3 Å². The highest BCUT2D eigenvalue weighted by atomic mass is 16.5. The number of ether oxygens (including phenoxy) is 1. The fraction of sp³-hybridized carbons (Fsp3) is 0.909. The molecule has 0 unspecified atom stereocenters. The maximum atomic E-state index is 11.7. The van der Waals surface area contributed by atoms with Crippen LogP contribution in [0.15, 0.2) is 0 Å². The second-order valence-corrected chi connectivity index (χ2v) is 5.06. The molecule has 15 heavy (non-hydrogen) atoms. The number of rotatable bonds is 5. The third kappa shape index (κ3) is 2.92. The van der Waals surface area contributed by atoms with E-state index in [1.807, 2.05) is 14.0 Å². The first-order chi connectivity index (χ1) is 7.09. The Kier molecular flexibility index (Phi) is 2.98. The van der Waals surface area contributed by atoms with Gasteiger partial charge in [-0.25, -0.2) is 0 Å². The Labute approximate surface area is 91.0 Å². The largest absolute Gasteiger partial charge is 0.363 e. The van der Waals surface area contributed by atoms with E-state index in [9.17, 15) is 4.79 Å². The summed E-state index contributed by atoms with van der Waals surface area (Å²) in [5.74, 6) is 0.856. The van der Waals surface area contributed by atoms with Crippen molar-refractivity contribution >= 4 is 5.91 Å². The van der Waals surface area contributed by atoms with Crippen molar-refractivity contribution in [1.82, 2.24) is 10.2 Å². The second-order valence-electron chi connectivity index (χ2n) is 5.06. The van der Waals surface area contributed by atoms with Crippen LogP contribution in [0.2, 0.25) is 0 Å². The summed E-state index contributed by atoms with van der Waals surface area (Å²) in [4.78, 5) is 13.5. The number of likely N-dealkylation sites (N-methyl/N-ethyl adjacent to an activating group) is 1. The van der Waals surface area contributed by atoms with Crippen LogP contribution in [0.5, 0.6) is 0 Å². The molecule has 0 bridgehead atoms. The zero-order valence-corrected chi connectivity index (χ0v) is 9.58. The Balaban J connectivity index is 1.66. The van der Waals surface area contributed by atoms with Gasteiger partial charge in [0.2, 0.25) is 5.91 Å². The van der Waals surface area contributed by atoms with E-state index in [2.05, 4.69) is 5.32 Å². The minimum atomic E-state index is -0.115. The van der Waals surface area contributed by atoms with Crippen molar-refractivity contribution in [3.63, 3.8) is 0 Å². The molecule has 0 aromatic heterocycles. The molecule has 0 atom stereocenters. The Morgan fingerprint density at radius 2 is 2.20 bits per heavy atom. The Morgan fingerprint density at radius 3 is 2.67 bits per heavy atom. The highest BCUT2D eigenvalue weighted by molar-refractivity contribution is 5.77. The summed E-state index contributed by atoms with van der Waals surface area (Å²) in [5, 5.41) is 3.15. The van der Waals surface area contributed by atoms with Crippen LogP contribution in [-0.4, -0.2) is 49.7 Å². The number of carbonyl (C=O) groups excluding carboxylic acids is 1. The van der Waals surface area contributed by atoms with Crippen LogP contribution in [0, 0.1) is 5.92 Å². The number of amides is 1. The van der Waals surface area contributed by atoms with Gasteiger partial charge in [-0.05, 0) is 25.7 Å². The molecule has 2 fully saturated rings. The summed E-state index contributed by atoms with van der Waals surface area (Å²) < 4.78 is 5.60. The minimum absolute atomic E-state index is 0.107. The van der Waals surface area contributed by atoms with Crippen molar-refractivity contribution in [2.24, 2.45) is 5.92 Å². The van der Waals surface area contributed by atoms with E-state index in [0.29, 0.717) is 0 Å². The van der Waals surface area contributed by atoms with E-state index in [-0.39, 0.29) is 18.1 Å². The van der Waals surface area contributed by atoms with Crippen LogP contribution in [-0.2, 0) is 9.53 Å². The van der Waals surface area contributed by atoms with Crippen LogP contribution in [0.4, 0.5) is 0 Å².